The number of hydrogen-bond donors (Lipinski definition) is 4. The fourth-order valence-electron chi connectivity index (χ4n) is 5.56. The Bertz CT molecular complexity index is 975. The highest BCUT2D eigenvalue weighted by Crippen LogP contribution is 2.25. The minimum absolute atomic E-state index is 0.00332. The Kier molecular flexibility index (Phi) is 7.56. The lowest BCUT2D eigenvalue weighted by atomic mass is 9.82. The molecule has 0 aromatic heterocycles. The molecule has 4 aliphatic rings. The number of carbonyl (C=O) groups excluding carboxylic acids is 3. The van der Waals surface area contributed by atoms with Gasteiger partial charge in [0, 0.05) is 49.9 Å². The summed E-state index contributed by atoms with van der Waals surface area (Å²) in [6, 6.07) is 4.49. The summed E-state index contributed by atoms with van der Waals surface area (Å²) >= 11 is 1.71. The van der Waals surface area contributed by atoms with E-state index >= 15 is 0 Å². The minimum Gasteiger partial charge on any atom is -0.339 e. The van der Waals surface area contributed by atoms with E-state index in [1.165, 1.54) is 6.07 Å². The Morgan fingerprint density at radius 2 is 1.91 bits per heavy atom. The number of amides is 3. The summed E-state index contributed by atoms with van der Waals surface area (Å²) in [5.74, 6) is 0.673. The van der Waals surface area contributed by atoms with E-state index in [4.69, 9.17) is 0 Å². The van der Waals surface area contributed by atoms with E-state index in [9.17, 15) is 18.8 Å². The first-order chi connectivity index (χ1) is 17.0. The van der Waals surface area contributed by atoms with Gasteiger partial charge in [0.15, 0.2) is 0 Å². The van der Waals surface area contributed by atoms with Gasteiger partial charge in [0.1, 0.15) is 5.82 Å². The molecule has 11 heteroatoms. The van der Waals surface area contributed by atoms with Gasteiger partial charge in [0.2, 0.25) is 11.8 Å². The van der Waals surface area contributed by atoms with Gasteiger partial charge in [-0.25, -0.2) is 9.82 Å². The molecule has 0 aliphatic carbocycles. The normalized spacial score (nSPS) is 29.3. The number of rotatable bonds is 4. The maximum Gasteiger partial charge on any atom is 0.256 e. The van der Waals surface area contributed by atoms with Crippen LogP contribution in [0.5, 0.6) is 0 Å². The van der Waals surface area contributed by atoms with E-state index in [0.29, 0.717) is 39.0 Å². The molecule has 0 radical (unpaired) electrons. The molecule has 3 unspecified atom stereocenters. The van der Waals surface area contributed by atoms with Gasteiger partial charge in [-0.05, 0) is 49.9 Å². The van der Waals surface area contributed by atoms with E-state index in [0.717, 1.165) is 36.6 Å². The number of nitrogens with zero attached hydrogens (tertiary/aromatic N) is 2. The average molecular weight is 505 g/mol. The molecule has 1 aromatic rings. The Hall–Kier alpha value is -2.21. The first kappa shape index (κ1) is 24.5. The Morgan fingerprint density at radius 3 is 2.74 bits per heavy atom. The van der Waals surface area contributed by atoms with Gasteiger partial charge in [-0.2, -0.15) is 0 Å². The molecule has 0 spiro atoms. The summed E-state index contributed by atoms with van der Waals surface area (Å²) in [6.45, 7) is 2.79. The van der Waals surface area contributed by atoms with E-state index < -0.39 is 5.82 Å². The predicted molar refractivity (Wildman–Crippen MR) is 131 cm³/mol. The number of thioether (sulfide) groups is 1. The fourth-order valence-corrected chi connectivity index (χ4v) is 6.49. The van der Waals surface area contributed by atoms with E-state index in [1.54, 1.807) is 28.8 Å². The molecule has 4 aliphatic heterocycles. The summed E-state index contributed by atoms with van der Waals surface area (Å²) in [5, 5.41) is 6.66. The van der Waals surface area contributed by atoms with Crippen LogP contribution in [0.4, 0.5) is 4.39 Å². The third-order valence-corrected chi connectivity index (χ3v) is 8.42. The third kappa shape index (κ3) is 5.32. The van der Waals surface area contributed by atoms with E-state index in [1.807, 2.05) is 4.90 Å². The smallest absolute Gasteiger partial charge is 0.256 e. The maximum absolute atomic E-state index is 14.8. The van der Waals surface area contributed by atoms with Gasteiger partial charge < -0.3 is 15.1 Å². The highest BCUT2D eigenvalue weighted by Gasteiger charge is 2.40. The van der Waals surface area contributed by atoms with Gasteiger partial charge in [-0.3, -0.25) is 25.1 Å². The SMILES string of the molecule is O=C1NNC(Cc2ccc(F)c(C(=O)N3CCCN(C(=O)[C@@H]4CSCN4)CC3)c2)C2NCCCC12. The van der Waals surface area contributed by atoms with Crippen molar-refractivity contribution in [1.82, 2.24) is 31.3 Å². The number of piperidine rings is 1. The van der Waals surface area contributed by atoms with Crippen LogP contribution in [0.1, 0.15) is 35.2 Å². The lowest BCUT2D eigenvalue weighted by Gasteiger charge is -2.41. The quantitative estimate of drug-likeness (QED) is 0.460. The lowest BCUT2D eigenvalue weighted by molar-refractivity contribution is -0.132. The van der Waals surface area contributed by atoms with Crippen molar-refractivity contribution in [2.45, 2.75) is 43.8 Å². The van der Waals surface area contributed by atoms with Crippen molar-refractivity contribution in [2.24, 2.45) is 5.92 Å². The molecule has 4 heterocycles. The molecule has 4 atom stereocenters. The molecule has 4 saturated heterocycles. The molecule has 1 aromatic carbocycles. The second-order valence-corrected chi connectivity index (χ2v) is 10.8. The topological polar surface area (TPSA) is 106 Å². The van der Waals surface area contributed by atoms with Crippen molar-refractivity contribution in [1.29, 1.82) is 0 Å². The summed E-state index contributed by atoms with van der Waals surface area (Å²) in [7, 11) is 0. The summed E-state index contributed by atoms with van der Waals surface area (Å²) in [5.41, 5.74) is 6.77. The molecule has 0 bridgehead atoms. The highest BCUT2D eigenvalue weighted by molar-refractivity contribution is 7.99. The van der Waals surface area contributed by atoms with Crippen molar-refractivity contribution >= 4 is 29.5 Å². The van der Waals surface area contributed by atoms with E-state index in [2.05, 4.69) is 21.5 Å². The van der Waals surface area contributed by atoms with Gasteiger partial charge in [-0.15, -0.1) is 11.8 Å². The lowest BCUT2D eigenvalue weighted by Crippen LogP contribution is -2.67. The molecule has 35 heavy (non-hydrogen) atoms. The maximum atomic E-state index is 14.8. The second kappa shape index (κ2) is 10.8. The average Bonchev–Trinajstić information content (AvgIpc) is 3.31. The highest BCUT2D eigenvalue weighted by atomic mass is 32.2. The molecule has 5 rings (SSSR count). The van der Waals surface area contributed by atoms with Crippen LogP contribution in [-0.4, -0.2) is 90.0 Å². The van der Waals surface area contributed by atoms with Crippen molar-refractivity contribution in [3.05, 3.63) is 35.1 Å². The summed E-state index contributed by atoms with van der Waals surface area (Å²) < 4.78 is 14.8. The number of fused-ring (bicyclic) bond motifs is 1. The Balaban J connectivity index is 1.25. The molecular weight excluding hydrogens is 471 g/mol. The van der Waals surface area contributed by atoms with Gasteiger partial charge >= 0.3 is 0 Å². The largest absolute Gasteiger partial charge is 0.339 e. The number of nitrogens with one attached hydrogen (secondary N) is 4. The van der Waals surface area contributed by atoms with Crippen LogP contribution in [0.2, 0.25) is 0 Å². The van der Waals surface area contributed by atoms with Crippen molar-refractivity contribution in [2.75, 3.05) is 44.4 Å². The molecule has 9 nitrogen and oxygen atoms in total. The zero-order valence-electron chi connectivity index (χ0n) is 19.7. The van der Waals surface area contributed by atoms with Crippen LogP contribution in [-0.2, 0) is 16.0 Å². The van der Waals surface area contributed by atoms with Crippen molar-refractivity contribution in [3.8, 4) is 0 Å². The molecule has 190 valence electrons. The third-order valence-electron chi connectivity index (χ3n) is 7.48. The summed E-state index contributed by atoms with van der Waals surface area (Å²) in [6.07, 6.45) is 3.03. The van der Waals surface area contributed by atoms with Crippen LogP contribution in [0, 0.1) is 11.7 Å². The first-order valence-corrected chi connectivity index (χ1v) is 13.6. The van der Waals surface area contributed by atoms with E-state index in [-0.39, 0.29) is 47.3 Å². The van der Waals surface area contributed by atoms with Gasteiger partial charge in [-0.1, -0.05) is 6.07 Å². The van der Waals surface area contributed by atoms with Crippen LogP contribution in [0.15, 0.2) is 18.2 Å². The standard InChI is InChI=1S/C24H33FN6O3S/c25-18-5-4-15(12-19-21-16(3-1-6-26-21)22(32)29-28-19)11-17(18)23(33)30-7-2-8-31(10-9-30)24(34)20-13-35-14-27-20/h4-5,11,16,19-21,26-28H,1-3,6-10,12-14H2,(H,29,32)/t16?,19?,20-,21?/m0/s1. The number of hydrazine groups is 1. The zero-order valence-corrected chi connectivity index (χ0v) is 20.5. The fraction of sp³-hybridized carbons (Fsp3) is 0.625. The summed E-state index contributed by atoms with van der Waals surface area (Å²) in [4.78, 5) is 41.8. The number of carbonyl (C=O) groups is 3. The molecule has 4 fully saturated rings. The number of benzene rings is 1. The van der Waals surface area contributed by atoms with Gasteiger partial charge in [0.25, 0.3) is 5.91 Å². The Labute approximate surface area is 208 Å². The zero-order chi connectivity index (χ0) is 24.4. The molecule has 0 saturated carbocycles. The molecular formula is C24H33FN6O3S. The van der Waals surface area contributed by atoms with Crippen LogP contribution in [0.3, 0.4) is 0 Å². The first-order valence-electron chi connectivity index (χ1n) is 12.5. The van der Waals surface area contributed by atoms with Crippen LogP contribution in [0.25, 0.3) is 0 Å². The second-order valence-electron chi connectivity index (χ2n) is 9.73. The van der Waals surface area contributed by atoms with Crippen molar-refractivity contribution < 1.29 is 18.8 Å². The monoisotopic (exact) mass is 504 g/mol. The number of halogens is 1. The molecule has 3 amide bonds. The minimum atomic E-state index is -0.540. The van der Waals surface area contributed by atoms with Crippen LogP contribution >= 0.6 is 11.8 Å². The predicted octanol–water partition coefficient (Wildman–Crippen LogP) is 0.0764. The van der Waals surface area contributed by atoms with Gasteiger partial charge in [0.05, 0.1) is 17.5 Å². The number of hydrogen-bond acceptors (Lipinski definition) is 7. The molecule has 4 N–H and O–H groups in total. The van der Waals surface area contributed by atoms with Crippen LogP contribution < -0.4 is 21.5 Å². The van der Waals surface area contributed by atoms with Crippen molar-refractivity contribution in [3.63, 3.8) is 0 Å². The Morgan fingerprint density at radius 1 is 1.09 bits per heavy atom.